The van der Waals surface area contributed by atoms with Gasteiger partial charge in [0.2, 0.25) is 5.91 Å². The number of carbonyl (C=O) groups is 3. The van der Waals surface area contributed by atoms with E-state index in [0.29, 0.717) is 18.0 Å². The summed E-state index contributed by atoms with van der Waals surface area (Å²) >= 11 is 0. The number of halogens is 2. The fourth-order valence-electron chi connectivity index (χ4n) is 5.42. The van der Waals surface area contributed by atoms with E-state index < -0.39 is 35.8 Å². The maximum atomic E-state index is 15.4. The second kappa shape index (κ2) is 13.4. The molecule has 11 nitrogen and oxygen atoms in total. The summed E-state index contributed by atoms with van der Waals surface area (Å²) in [5.41, 5.74) is 0.201. The van der Waals surface area contributed by atoms with Crippen molar-refractivity contribution in [3.05, 3.63) is 66.1 Å². The molecule has 5 rings (SSSR count). The van der Waals surface area contributed by atoms with Crippen LogP contribution >= 0.6 is 0 Å². The van der Waals surface area contributed by atoms with Crippen molar-refractivity contribution in [3.63, 3.8) is 0 Å². The molecule has 3 aliphatic heterocycles. The largest absolute Gasteiger partial charge is 0.442 e. The average Bonchev–Trinajstić information content (AvgIpc) is 3.25. The highest BCUT2D eigenvalue weighted by molar-refractivity contribution is 5.97. The minimum atomic E-state index is -0.811. The first-order valence-electron chi connectivity index (χ1n) is 14.8. The van der Waals surface area contributed by atoms with Crippen LogP contribution in [-0.2, 0) is 9.53 Å². The summed E-state index contributed by atoms with van der Waals surface area (Å²) in [6.45, 7) is 7.02. The number of hydrazone groups is 1. The molecule has 2 saturated heterocycles. The number of rotatable bonds is 8. The Morgan fingerprint density at radius 3 is 2.52 bits per heavy atom. The summed E-state index contributed by atoms with van der Waals surface area (Å²) in [6, 6.07) is 4.76. The van der Waals surface area contributed by atoms with Gasteiger partial charge in [0.25, 0.3) is 5.91 Å². The van der Waals surface area contributed by atoms with Crippen molar-refractivity contribution in [2.24, 2.45) is 16.9 Å². The first-order chi connectivity index (χ1) is 21.1. The van der Waals surface area contributed by atoms with Crippen molar-refractivity contribution < 1.29 is 27.9 Å². The van der Waals surface area contributed by atoms with E-state index in [9.17, 15) is 14.4 Å². The number of hydrogen-bond acceptors (Lipinski definition) is 8. The maximum Gasteiger partial charge on any atom is 0.414 e. The number of nitrogens with zero attached hydrogens (tertiary/aromatic N) is 6. The number of ether oxygens (including phenoxy) is 1. The molecular formula is C31H37F2N7O4. The van der Waals surface area contributed by atoms with Crippen LogP contribution < -0.4 is 15.1 Å². The standard InChI is InChI=1S/C31H37F2N7O4/c1-20(2)27(36-29(41)22-5-4-8-34-17-22)30(42)38-13-11-37(12-14-38)28-25(32)15-23(16-26(28)33)40-19-24(44-31(40)43)18-39-10-7-21(3)6-9-35-39/h4-5,7-10,15-17,20-21,24,27H,6,11-14,18-19H2,1-3H3,(H,36,41). The smallest absolute Gasteiger partial charge is 0.414 e. The van der Waals surface area contributed by atoms with E-state index in [1.807, 2.05) is 32.3 Å². The van der Waals surface area contributed by atoms with Gasteiger partial charge in [-0.1, -0.05) is 26.8 Å². The Bertz CT molecular complexity index is 1410. The van der Waals surface area contributed by atoms with Gasteiger partial charge in [-0.2, -0.15) is 5.10 Å². The highest BCUT2D eigenvalue weighted by Gasteiger charge is 2.36. The molecule has 2 fully saturated rings. The van der Waals surface area contributed by atoms with Gasteiger partial charge in [0, 0.05) is 63.1 Å². The van der Waals surface area contributed by atoms with E-state index >= 15 is 8.78 Å². The number of cyclic esters (lactones) is 1. The zero-order chi connectivity index (χ0) is 31.4. The van der Waals surface area contributed by atoms with E-state index in [2.05, 4.69) is 22.3 Å². The number of amides is 3. The predicted molar refractivity (Wildman–Crippen MR) is 161 cm³/mol. The molecule has 0 spiro atoms. The molecule has 44 heavy (non-hydrogen) atoms. The van der Waals surface area contributed by atoms with E-state index in [0.717, 1.165) is 18.6 Å². The van der Waals surface area contributed by atoms with Crippen molar-refractivity contribution in [1.29, 1.82) is 0 Å². The van der Waals surface area contributed by atoms with Gasteiger partial charge in [-0.25, -0.2) is 13.6 Å². The molecule has 1 aromatic heterocycles. The van der Waals surface area contributed by atoms with E-state index in [1.165, 1.54) is 11.1 Å². The molecule has 0 saturated carbocycles. The van der Waals surface area contributed by atoms with Crippen LogP contribution in [0.1, 0.15) is 37.6 Å². The third-order valence-electron chi connectivity index (χ3n) is 7.92. The molecule has 2 aromatic rings. The average molecular weight is 610 g/mol. The Labute approximate surface area is 255 Å². The van der Waals surface area contributed by atoms with Crippen LogP contribution in [0.2, 0.25) is 0 Å². The summed E-state index contributed by atoms with van der Waals surface area (Å²) in [6.07, 6.45) is 8.25. The van der Waals surface area contributed by atoms with Crippen LogP contribution in [0.4, 0.5) is 25.0 Å². The third-order valence-corrected chi connectivity index (χ3v) is 7.92. The molecule has 1 N–H and O–H groups in total. The summed E-state index contributed by atoms with van der Waals surface area (Å²) in [5.74, 6) is -2.11. The van der Waals surface area contributed by atoms with Crippen molar-refractivity contribution in [2.45, 2.75) is 39.3 Å². The molecule has 13 heteroatoms. The molecule has 4 heterocycles. The Morgan fingerprint density at radius 1 is 1.14 bits per heavy atom. The lowest BCUT2D eigenvalue weighted by Crippen LogP contribution is -2.56. The maximum absolute atomic E-state index is 15.4. The fraction of sp³-hybridized carbons (Fsp3) is 0.452. The third kappa shape index (κ3) is 6.98. The number of pyridine rings is 1. The highest BCUT2D eigenvalue weighted by atomic mass is 19.1. The van der Waals surface area contributed by atoms with Crippen molar-refractivity contribution in [2.75, 3.05) is 49.1 Å². The monoisotopic (exact) mass is 609 g/mol. The highest BCUT2D eigenvalue weighted by Crippen LogP contribution is 2.32. The van der Waals surface area contributed by atoms with Crippen LogP contribution in [0.15, 0.2) is 54.0 Å². The molecule has 0 aliphatic carbocycles. The first kappa shape index (κ1) is 30.9. The number of anilines is 2. The summed E-state index contributed by atoms with van der Waals surface area (Å²) in [7, 11) is 0. The van der Waals surface area contributed by atoms with Gasteiger partial charge in [-0.05, 0) is 30.4 Å². The lowest BCUT2D eigenvalue weighted by molar-refractivity contribution is -0.134. The Balaban J connectivity index is 1.20. The van der Waals surface area contributed by atoms with Gasteiger partial charge >= 0.3 is 6.09 Å². The Hall–Kier alpha value is -4.55. The van der Waals surface area contributed by atoms with Gasteiger partial charge in [0.15, 0.2) is 11.6 Å². The molecular weight excluding hydrogens is 572 g/mol. The Kier molecular flexibility index (Phi) is 9.40. The van der Waals surface area contributed by atoms with Crippen LogP contribution in [0.5, 0.6) is 0 Å². The van der Waals surface area contributed by atoms with E-state index in [-0.39, 0.29) is 55.9 Å². The summed E-state index contributed by atoms with van der Waals surface area (Å²) < 4.78 is 36.2. The van der Waals surface area contributed by atoms with Crippen molar-refractivity contribution >= 4 is 35.5 Å². The van der Waals surface area contributed by atoms with Gasteiger partial charge in [-0.15, -0.1) is 0 Å². The normalized spacial score (nSPS) is 21.0. The molecule has 1 aromatic carbocycles. The number of carbonyl (C=O) groups excluding carboxylic acids is 3. The lowest BCUT2D eigenvalue weighted by atomic mass is 10.0. The molecule has 234 valence electrons. The summed E-state index contributed by atoms with van der Waals surface area (Å²) in [5, 5.41) is 8.84. The number of nitrogens with one attached hydrogen (secondary N) is 1. The second-order valence-electron chi connectivity index (χ2n) is 11.6. The van der Waals surface area contributed by atoms with Gasteiger partial charge < -0.3 is 19.9 Å². The number of piperazine rings is 1. The van der Waals surface area contributed by atoms with E-state index in [1.54, 1.807) is 33.1 Å². The SMILES string of the molecule is CC1C=CN(CC2CN(c3cc(F)c(N4CCN(C(=O)C(NC(=O)c5cccnc5)C(C)C)CC4)c(F)c3)C(=O)O2)N=CC1. The molecule has 3 unspecified atom stereocenters. The molecule has 0 radical (unpaired) electrons. The van der Waals surface area contributed by atoms with Gasteiger partial charge in [0.1, 0.15) is 17.8 Å². The van der Waals surface area contributed by atoms with Crippen molar-refractivity contribution in [3.8, 4) is 0 Å². The van der Waals surface area contributed by atoms with Crippen LogP contribution in [0.3, 0.4) is 0 Å². The first-order valence-corrected chi connectivity index (χ1v) is 14.8. The van der Waals surface area contributed by atoms with Gasteiger partial charge in [0.05, 0.1) is 24.3 Å². The number of benzene rings is 1. The molecule has 3 atom stereocenters. The zero-order valence-corrected chi connectivity index (χ0v) is 25.0. The fourth-order valence-corrected chi connectivity index (χ4v) is 5.42. The zero-order valence-electron chi connectivity index (χ0n) is 25.0. The molecule has 3 amide bonds. The molecule has 0 bridgehead atoms. The van der Waals surface area contributed by atoms with Crippen molar-refractivity contribution in [1.82, 2.24) is 20.2 Å². The number of hydrogen-bond donors (Lipinski definition) is 1. The summed E-state index contributed by atoms with van der Waals surface area (Å²) in [4.78, 5) is 47.0. The van der Waals surface area contributed by atoms with E-state index in [4.69, 9.17) is 4.74 Å². The topological polar surface area (TPSA) is 111 Å². The lowest BCUT2D eigenvalue weighted by Gasteiger charge is -2.38. The van der Waals surface area contributed by atoms with Crippen LogP contribution in [0.25, 0.3) is 0 Å². The number of allylic oxidation sites excluding steroid dienone is 1. The van der Waals surface area contributed by atoms with Crippen LogP contribution in [0, 0.1) is 23.5 Å². The van der Waals surface area contributed by atoms with Gasteiger partial charge in [-0.3, -0.25) is 24.5 Å². The molecule has 3 aliphatic rings. The van der Waals surface area contributed by atoms with Crippen LogP contribution in [-0.4, -0.2) is 90.4 Å². The quantitative estimate of drug-likeness (QED) is 0.487. The Morgan fingerprint density at radius 2 is 1.86 bits per heavy atom. The minimum absolute atomic E-state index is 0.0673. The predicted octanol–water partition coefficient (Wildman–Crippen LogP) is 3.63. The second-order valence-corrected chi connectivity index (χ2v) is 11.6. The minimum Gasteiger partial charge on any atom is -0.442 e. The number of aromatic nitrogens is 1.